The summed E-state index contributed by atoms with van der Waals surface area (Å²) in [5.74, 6) is -1.63. The Balaban J connectivity index is 2.44. The molecule has 0 atom stereocenters. The van der Waals surface area contributed by atoms with Gasteiger partial charge in [0.2, 0.25) is 0 Å². The van der Waals surface area contributed by atoms with Crippen LogP contribution in [0.25, 0.3) is 11.1 Å². The number of hydrogen-bond donors (Lipinski definition) is 1. The van der Waals surface area contributed by atoms with E-state index in [1.807, 2.05) is 0 Å². The van der Waals surface area contributed by atoms with Crippen LogP contribution in [0.2, 0.25) is 0 Å². The van der Waals surface area contributed by atoms with E-state index in [0.29, 0.717) is 5.56 Å². The first kappa shape index (κ1) is 13.9. The fourth-order valence-electron chi connectivity index (χ4n) is 1.68. The van der Waals surface area contributed by atoms with Crippen molar-refractivity contribution < 1.29 is 27.8 Å². The van der Waals surface area contributed by atoms with Crippen LogP contribution in [0.4, 0.5) is 13.2 Å². The van der Waals surface area contributed by atoms with E-state index in [-0.39, 0.29) is 11.1 Å². The van der Waals surface area contributed by atoms with Gasteiger partial charge in [-0.05, 0) is 29.3 Å². The Morgan fingerprint density at radius 1 is 1.25 bits per heavy atom. The molecule has 0 radical (unpaired) electrons. The molecular formula is C13H8F3NO3. The summed E-state index contributed by atoms with van der Waals surface area (Å²) in [7, 11) is 0. The molecule has 0 saturated carbocycles. The van der Waals surface area contributed by atoms with Crippen LogP contribution < -0.4 is 4.74 Å². The molecule has 7 heteroatoms. The number of aromatic nitrogens is 1. The van der Waals surface area contributed by atoms with Crippen molar-refractivity contribution in [2.24, 2.45) is 0 Å². The summed E-state index contributed by atoms with van der Waals surface area (Å²) in [6.45, 7) is 0. The summed E-state index contributed by atoms with van der Waals surface area (Å²) in [5, 5.41) is 9.03. The van der Waals surface area contributed by atoms with Crippen LogP contribution in [0.3, 0.4) is 0 Å². The third-order valence-corrected chi connectivity index (χ3v) is 2.43. The smallest absolute Gasteiger partial charge is 0.478 e. The number of carboxylic acids is 1. The number of halogens is 3. The number of pyridine rings is 1. The van der Waals surface area contributed by atoms with Crippen LogP contribution in [0, 0.1) is 0 Å². The number of rotatable bonds is 3. The molecule has 2 rings (SSSR count). The van der Waals surface area contributed by atoms with Crippen molar-refractivity contribution in [1.82, 2.24) is 4.98 Å². The largest absolute Gasteiger partial charge is 0.573 e. The van der Waals surface area contributed by atoms with Crippen molar-refractivity contribution in [1.29, 1.82) is 0 Å². The Kier molecular flexibility index (Phi) is 3.60. The monoisotopic (exact) mass is 283 g/mol. The number of benzene rings is 1. The Morgan fingerprint density at radius 3 is 2.65 bits per heavy atom. The minimum Gasteiger partial charge on any atom is -0.478 e. The second kappa shape index (κ2) is 5.20. The van der Waals surface area contributed by atoms with E-state index < -0.39 is 18.1 Å². The average Bonchev–Trinajstić information content (AvgIpc) is 2.37. The maximum Gasteiger partial charge on any atom is 0.573 e. The molecule has 0 aliphatic carbocycles. The molecule has 104 valence electrons. The van der Waals surface area contributed by atoms with Gasteiger partial charge < -0.3 is 9.84 Å². The van der Waals surface area contributed by atoms with Gasteiger partial charge in [0.05, 0.1) is 5.56 Å². The minimum atomic E-state index is -4.80. The molecule has 1 N–H and O–H groups in total. The number of nitrogens with zero attached hydrogens (tertiary/aromatic N) is 1. The highest BCUT2D eigenvalue weighted by atomic mass is 19.4. The lowest BCUT2D eigenvalue weighted by molar-refractivity contribution is -0.274. The molecule has 1 aromatic carbocycles. The third kappa shape index (κ3) is 3.25. The Hall–Kier alpha value is -2.57. The van der Waals surface area contributed by atoms with Gasteiger partial charge in [0.25, 0.3) is 0 Å². The zero-order chi connectivity index (χ0) is 14.8. The topological polar surface area (TPSA) is 59.4 Å². The lowest BCUT2D eigenvalue weighted by Crippen LogP contribution is -2.17. The number of alkyl halides is 3. The Bertz CT molecular complexity index is 641. The van der Waals surface area contributed by atoms with Crippen molar-refractivity contribution in [3.05, 3.63) is 48.3 Å². The zero-order valence-electron chi connectivity index (χ0n) is 9.89. The third-order valence-electron chi connectivity index (χ3n) is 2.43. The van der Waals surface area contributed by atoms with Crippen LogP contribution in [0.15, 0.2) is 42.7 Å². The van der Waals surface area contributed by atoms with Gasteiger partial charge in [-0.25, -0.2) is 4.79 Å². The summed E-state index contributed by atoms with van der Waals surface area (Å²) in [4.78, 5) is 14.7. The van der Waals surface area contributed by atoms with Gasteiger partial charge in [-0.15, -0.1) is 13.2 Å². The van der Waals surface area contributed by atoms with Gasteiger partial charge >= 0.3 is 12.3 Å². The molecule has 0 bridgehead atoms. The highest BCUT2D eigenvalue weighted by Crippen LogP contribution is 2.29. The Morgan fingerprint density at radius 2 is 2.00 bits per heavy atom. The van der Waals surface area contributed by atoms with Gasteiger partial charge in [0.15, 0.2) is 0 Å². The molecule has 2 aromatic rings. The fourth-order valence-corrected chi connectivity index (χ4v) is 1.68. The molecule has 0 saturated heterocycles. The first-order valence-electron chi connectivity index (χ1n) is 5.40. The van der Waals surface area contributed by atoms with Crippen molar-refractivity contribution in [3.8, 4) is 16.9 Å². The molecule has 4 nitrogen and oxygen atoms in total. The van der Waals surface area contributed by atoms with E-state index >= 15 is 0 Å². The SMILES string of the molecule is O=C(O)c1cnccc1-c1cccc(OC(F)(F)F)c1. The summed E-state index contributed by atoms with van der Waals surface area (Å²) < 4.78 is 40.3. The molecule has 0 spiro atoms. The van der Waals surface area contributed by atoms with Crippen molar-refractivity contribution >= 4 is 5.97 Å². The van der Waals surface area contributed by atoms with Gasteiger partial charge in [-0.3, -0.25) is 4.98 Å². The van der Waals surface area contributed by atoms with Crippen LogP contribution in [-0.4, -0.2) is 22.4 Å². The van der Waals surface area contributed by atoms with Crippen LogP contribution >= 0.6 is 0 Å². The maximum absolute atomic E-state index is 12.2. The van der Waals surface area contributed by atoms with E-state index in [1.165, 1.54) is 24.4 Å². The minimum absolute atomic E-state index is 0.100. The highest BCUT2D eigenvalue weighted by molar-refractivity contribution is 5.95. The molecule has 0 amide bonds. The molecule has 0 fully saturated rings. The molecule has 20 heavy (non-hydrogen) atoms. The summed E-state index contributed by atoms with van der Waals surface area (Å²) >= 11 is 0. The molecule has 0 aliphatic rings. The van der Waals surface area contributed by atoms with Crippen molar-refractivity contribution in [2.75, 3.05) is 0 Å². The number of carboxylic acid groups (broad SMARTS) is 1. The molecule has 1 aromatic heterocycles. The molecule has 1 heterocycles. The lowest BCUT2D eigenvalue weighted by Gasteiger charge is -2.11. The normalized spacial score (nSPS) is 11.2. The second-order valence-electron chi connectivity index (χ2n) is 3.80. The van der Waals surface area contributed by atoms with Crippen molar-refractivity contribution in [3.63, 3.8) is 0 Å². The predicted molar refractivity (Wildman–Crippen MR) is 63.3 cm³/mol. The Labute approximate surface area is 111 Å². The summed E-state index contributed by atoms with van der Waals surface area (Å²) in [6.07, 6.45) is -2.31. The fraction of sp³-hybridized carbons (Fsp3) is 0.0769. The standard InChI is InChI=1S/C13H8F3NO3/c14-13(15,16)20-9-3-1-2-8(6-9)10-4-5-17-7-11(10)12(18)19/h1-7H,(H,18,19). The van der Waals surface area contributed by atoms with Crippen molar-refractivity contribution in [2.45, 2.75) is 6.36 Å². The van der Waals surface area contributed by atoms with Gasteiger partial charge in [-0.1, -0.05) is 12.1 Å². The van der Waals surface area contributed by atoms with Crippen LogP contribution in [0.5, 0.6) is 5.75 Å². The first-order chi connectivity index (χ1) is 9.37. The number of carbonyl (C=O) groups is 1. The van der Waals surface area contributed by atoms with Gasteiger partial charge in [0, 0.05) is 12.4 Å². The van der Waals surface area contributed by atoms with Crippen LogP contribution in [0.1, 0.15) is 10.4 Å². The first-order valence-corrected chi connectivity index (χ1v) is 5.40. The van der Waals surface area contributed by atoms with Gasteiger partial charge in [0.1, 0.15) is 5.75 Å². The van der Waals surface area contributed by atoms with E-state index in [1.54, 1.807) is 0 Å². The van der Waals surface area contributed by atoms with E-state index in [4.69, 9.17) is 5.11 Å². The molecule has 0 unspecified atom stereocenters. The van der Waals surface area contributed by atoms with E-state index in [2.05, 4.69) is 9.72 Å². The van der Waals surface area contributed by atoms with E-state index in [0.717, 1.165) is 18.3 Å². The maximum atomic E-state index is 12.2. The molecule has 0 aliphatic heterocycles. The summed E-state index contributed by atoms with van der Waals surface area (Å²) in [5.41, 5.74) is 0.461. The van der Waals surface area contributed by atoms with Gasteiger partial charge in [-0.2, -0.15) is 0 Å². The quantitative estimate of drug-likeness (QED) is 0.938. The van der Waals surface area contributed by atoms with E-state index in [9.17, 15) is 18.0 Å². The number of ether oxygens (including phenoxy) is 1. The zero-order valence-corrected chi connectivity index (χ0v) is 9.89. The second-order valence-corrected chi connectivity index (χ2v) is 3.80. The average molecular weight is 283 g/mol. The number of aromatic carboxylic acids is 1. The molecular weight excluding hydrogens is 275 g/mol. The number of hydrogen-bond acceptors (Lipinski definition) is 3. The lowest BCUT2D eigenvalue weighted by atomic mass is 10.0. The predicted octanol–water partition coefficient (Wildman–Crippen LogP) is 3.35. The summed E-state index contributed by atoms with van der Waals surface area (Å²) in [6, 6.07) is 6.51. The highest BCUT2D eigenvalue weighted by Gasteiger charge is 2.31. The van der Waals surface area contributed by atoms with Crippen LogP contribution in [-0.2, 0) is 0 Å².